The molecule has 2 aromatic carbocycles. The van der Waals surface area contributed by atoms with E-state index in [1.54, 1.807) is 67.1 Å². The van der Waals surface area contributed by atoms with E-state index < -0.39 is 71.7 Å². The first-order chi connectivity index (χ1) is 53.3. The zero-order chi connectivity index (χ0) is 88.5. The molecule has 8 N–H and O–H groups in total. The van der Waals surface area contributed by atoms with E-state index in [2.05, 4.69) is 81.9 Å². The number of Topliss-reactive ketones (excluding diaryl/α,β-unsaturated/α-hetero) is 2. The van der Waals surface area contributed by atoms with Gasteiger partial charge in [-0.15, -0.1) is 29.8 Å². The summed E-state index contributed by atoms with van der Waals surface area (Å²) in [4.78, 5) is 118. The fourth-order valence-corrected chi connectivity index (χ4v) is 10.1. The zero-order valence-electron chi connectivity index (χ0n) is 72.7. The molecule has 0 unspecified atom stereocenters. The molecule has 2 fully saturated rings. The first-order valence-electron chi connectivity index (χ1n) is 38.5. The van der Waals surface area contributed by atoms with Gasteiger partial charge in [-0.25, -0.2) is 33.8 Å². The maximum absolute atomic E-state index is 15.3. The number of carbonyl (C=O) groups excluding carboxylic acids is 5. The minimum atomic E-state index is -3.70. The predicted molar refractivity (Wildman–Crippen MR) is 448 cm³/mol. The summed E-state index contributed by atoms with van der Waals surface area (Å²) in [7, 11) is 4.89. The summed E-state index contributed by atoms with van der Waals surface area (Å²) in [6.07, 6.45) is 13.8. The molecule has 2 saturated heterocycles. The summed E-state index contributed by atoms with van der Waals surface area (Å²) in [6.45, 7) is 40.9. The number of nitrogens with one attached hydrogen (secondary N) is 1. The van der Waals surface area contributed by atoms with Gasteiger partial charge in [0, 0.05) is 129 Å². The Bertz CT molecular complexity index is 3680. The Labute approximate surface area is 687 Å². The van der Waals surface area contributed by atoms with E-state index in [4.69, 9.17) is 47.9 Å². The number of benzene rings is 2. The smallest absolute Gasteiger partial charge is 0.446 e. The minimum Gasteiger partial charge on any atom is -0.481 e. The molecule has 2 aliphatic heterocycles. The van der Waals surface area contributed by atoms with Crippen LogP contribution in [0.1, 0.15) is 203 Å². The van der Waals surface area contributed by atoms with Crippen molar-refractivity contribution in [3.05, 3.63) is 92.7 Å². The molecule has 0 radical (unpaired) electrons. The molecule has 31 nitrogen and oxygen atoms in total. The van der Waals surface area contributed by atoms with Gasteiger partial charge in [-0.1, -0.05) is 147 Å². The van der Waals surface area contributed by atoms with Crippen molar-refractivity contribution in [1.82, 2.24) is 35.0 Å². The molecule has 34 heteroatoms. The molecule has 0 aliphatic carbocycles. The predicted octanol–water partition coefficient (Wildman–Crippen LogP) is 12.9. The number of aliphatic carboxylic acids is 2. The second-order valence-electron chi connectivity index (χ2n) is 29.3. The number of hydroxylamine groups is 3. The highest BCUT2D eigenvalue weighted by atomic mass is 35.5. The van der Waals surface area contributed by atoms with Crippen molar-refractivity contribution in [2.45, 2.75) is 201 Å². The van der Waals surface area contributed by atoms with Crippen LogP contribution in [0.5, 0.6) is 0 Å². The number of anilines is 1. The van der Waals surface area contributed by atoms with Gasteiger partial charge in [0.25, 0.3) is 0 Å². The molecule has 6 rings (SSSR count). The number of carboxylic acids is 3. The van der Waals surface area contributed by atoms with Gasteiger partial charge in [0.2, 0.25) is 17.1 Å². The Morgan fingerprint density at radius 1 is 0.791 bits per heavy atom. The molecule has 7 atom stereocenters. The lowest BCUT2D eigenvalue weighted by Crippen LogP contribution is -2.49. The lowest BCUT2D eigenvalue weighted by atomic mass is 9.95. The number of hydrogen-bond acceptors (Lipinski definition) is 22. The fraction of sp³-hybridized carbons (Fsp3) is 0.654. The topological polar surface area (TPSA) is 433 Å². The normalized spacial score (nSPS) is 13.9. The summed E-state index contributed by atoms with van der Waals surface area (Å²) < 4.78 is 49.3. The minimum absolute atomic E-state index is 0. The molecule has 2 aliphatic rings. The van der Waals surface area contributed by atoms with Crippen LogP contribution in [0.15, 0.2) is 53.6 Å². The first-order valence-corrected chi connectivity index (χ1v) is 40.0. The van der Waals surface area contributed by atoms with Crippen LogP contribution < -0.4 is 27.3 Å². The van der Waals surface area contributed by atoms with E-state index in [0.717, 1.165) is 76.4 Å². The van der Waals surface area contributed by atoms with Gasteiger partial charge in [-0.05, 0) is 104 Å². The number of carbonyl (C=O) groups is 8. The van der Waals surface area contributed by atoms with Gasteiger partial charge in [-0.3, -0.25) is 33.6 Å². The van der Waals surface area contributed by atoms with Crippen LogP contribution >= 0.6 is 20.0 Å². The highest BCUT2D eigenvalue weighted by molar-refractivity contribution is 7.74. The number of nitrogens with two attached hydrogens (primary N) is 2. The number of hydrogen-bond donors (Lipinski definition) is 6. The summed E-state index contributed by atoms with van der Waals surface area (Å²) in [5.41, 5.74) is 23.1. The highest BCUT2D eigenvalue weighted by Gasteiger charge is 2.42. The third kappa shape index (κ3) is 43.0. The second-order valence-corrected chi connectivity index (χ2v) is 31.4. The molecule has 0 bridgehead atoms. The number of pyridine rings is 1. The lowest BCUT2D eigenvalue weighted by molar-refractivity contribution is -0.174. The quantitative estimate of drug-likeness (QED) is 0.00413. The van der Waals surface area contributed by atoms with E-state index in [0.29, 0.717) is 80.8 Å². The van der Waals surface area contributed by atoms with Gasteiger partial charge in [0.05, 0.1) is 37.0 Å². The molecule has 0 spiro atoms. The third-order valence-electron chi connectivity index (χ3n) is 19.1. The summed E-state index contributed by atoms with van der Waals surface area (Å²) in [5.74, 6) is 1.28. The number of aromatic nitrogens is 4. The number of ketones is 2. The van der Waals surface area contributed by atoms with Crippen LogP contribution in [0.2, 0.25) is 0 Å². The van der Waals surface area contributed by atoms with E-state index in [1.807, 2.05) is 92.8 Å². The van der Waals surface area contributed by atoms with Gasteiger partial charge < -0.3 is 74.8 Å². The summed E-state index contributed by atoms with van der Waals surface area (Å²) in [6, 6.07) is 8.92. The Kier molecular flexibility index (Phi) is 60.2. The van der Waals surface area contributed by atoms with Crippen molar-refractivity contribution in [3.8, 4) is 12.3 Å². The Hall–Kier alpha value is -8.18. The summed E-state index contributed by atoms with van der Waals surface area (Å²) in [5, 5.41) is 35.9. The van der Waals surface area contributed by atoms with Gasteiger partial charge >= 0.3 is 37.0 Å². The number of aromatic carboxylic acids is 1. The lowest BCUT2D eigenvalue weighted by Gasteiger charge is -2.35. The molecule has 4 heterocycles. The Morgan fingerprint density at radius 3 is 1.65 bits per heavy atom. The SMILES string of the molecule is C#C[C@@H](C)C(C)C.C1CCOC1.CC(C)[C@H](C)C(=O)O.CC(C)[C@H](C)C=O.CC(C)[C@H](N)C(=O)O.CCn1cc(C(=O)O)c(=O)c2cc(F)c(N3CCN(C(=O)OCc4ccc(CC(=O)[C@H](CCCCN)n5cc([C@@H](C)C(C)C)nn5)cc4)CC3)cc21.CNOC.CON(C)C(=O)[C@@H](C)C(C)C.COP(=O)(OC)C(=[N+]=[N-])C(C)=O.Cl. The highest BCUT2D eigenvalue weighted by Crippen LogP contribution is 2.47. The van der Waals surface area contributed by atoms with Crippen molar-refractivity contribution < 1.29 is 95.6 Å². The van der Waals surface area contributed by atoms with Crippen molar-refractivity contribution in [3.63, 3.8) is 0 Å². The first kappa shape index (κ1) is 113. The molecule has 2 aromatic heterocycles. The number of piperazine rings is 1. The van der Waals surface area contributed by atoms with Crippen molar-refractivity contribution in [1.29, 1.82) is 0 Å². The number of terminal acetylenes is 1. The molecule has 654 valence electrons. The summed E-state index contributed by atoms with van der Waals surface area (Å²) >= 11 is 0. The largest absolute Gasteiger partial charge is 0.481 e. The van der Waals surface area contributed by atoms with Crippen molar-refractivity contribution in [2.75, 3.05) is 93.4 Å². The number of rotatable bonds is 30. The number of amides is 2. The van der Waals surface area contributed by atoms with Crippen molar-refractivity contribution in [2.24, 2.45) is 70.6 Å². The number of aryl methyl sites for hydroxylation is 1. The van der Waals surface area contributed by atoms with Crippen LogP contribution in [0.4, 0.5) is 14.9 Å². The average molecular weight is 1670 g/mol. The number of aldehydes is 1. The van der Waals surface area contributed by atoms with Gasteiger partial charge in [-0.2, -0.15) is 4.79 Å². The van der Waals surface area contributed by atoms with Crippen LogP contribution in [0, 0.1) is 77.3 Å². The fourth-order valence-electron chi connectivity index (χ4n) is 9.07. The average Bonchev–Trinajstić information content (AvgIpc) is 1.66. The Balaban J connectivity index is -0.000000780. The third-order valence-corrected chi connectivity index (χ3v) is 20.9. The molecule has 0 saturated carbocycles. The van der Waals surface area contributed by atoms with Crippen molar-refractivity contribution >= 4 is 89.8 Å². The molecular formula is C81H137ClFN12O19P. The number of halogens is 2. The number of unbranched alkanes of at least 4 members (excludes halogenated alkanes) is 1. The zero-order valence-corrected chi connectivity index (χ0v) is 74.4. The second kappa shape index (κ2) is 61.2. The maximum atomic E-state index is 15.3. The van der Waals surface area contributed by atoms with Crippen LogP contribution in [0.3, 0.4) is 0 Å². The van der Waals surface area contributed by atoms with E-state index in [1.165, 1.54) is 31.2 Å². The molecule has 4 aromatic rings. The molecular weight excluding hydrogens is 1530 g/mol. The number of nitrogens with zero attached hydrogens (tertiary/aromatic N) is 9. The van der Waals surface area contributed by atoms with E-state index >= 15 is 4.39 Å². The van der Waals surface area contributed by atoms with E-state index in [-0.39, 0.29) is 83.7 Å². The van der Waals surface area contributed by atoms with Crippen LogP contribution in [-0.2, 0) is 81.1 Å². The van der Waals surface area contributed by atoms with Crippen LogP contribution in [-0.4, -0.2) is 197 Å². The Morgan fingerprint density at radius 2 is 1.32 bits per heavy atom. The molecule has 115 heavy (non-hydrogen) atoms. The monoisotopic (exact) mass is 1670 g/mol. The standard InChI is InChI=1S/C38H48FN7O6.C8H17NO2.C7H12.C6H12O2.C6H12O.C5H9N2O4P.C5H11NO2.C4H8O.C2H7NO.ClH/c1-5-43-21-29(37(49)50)36(48)28-19-30(39)34(20-33(28)43)44-14-16-45(17-15-44)38(51)52-23-27-11-9-26(10-12-27)18-35(47)32(8-6-7-13-40)46-22-31(41-42-46)25(4)24(2)3;1-6(2)7(3)8(10)9(4)11-5;1-5-7(4)6(2)3;1-4(2)5(3)6(7)8;1-5(2)6(3)4-7;1-4(8)5(7-6)12(9,10-2)11-3;1-3(2)4(6)5(7)8;1-2-4-5-3-1;1-3-4-2;/h9-12,19-22,24-25,32H,5-8,13-18,23,40H2,1-4H3,(H,49,50);6-7H,1-5H3;1,6-7H,2-4H3;4-5H,1-3H3,(H,7,8);4-6H,1-3H3;1-3H3;3-4H,6H2,1-2H3,(H,7,8);1-4H2;3H,1-2H3;1H/t25-,32-;2*7-;5-;6-;;4-;;;/m00101.0.../s1. The number of ether oxygens (including phenoxy) is 2. The number of fused-ring (bicyclic) bond motifs is 1. The molecule has 2 amide bonds. The van der Waals surface area contributed by atoms with Crippen LogP contribution in [0.25, 0.3) is 16.4 Å². The van der Waals surface area contributed by atoms with Gasteiger partial charge in [0.15, 0.2) is 5.78 Å². The van der Waals surface area contributed by atoms with Gasteiger partial charge in [0.1, 0.15) is 36.4 Å². The number of carboxylic acid groups (broad SMARTS) is 3. The van der Waals surface area contributed by atoms with E-state index in [9.17, 15) is 52.8 Å². The maximum Gasteiger partial charge on any atom is 0.446 e.